The van der Waals surface area contributed by atoms with E-state index in [4.69, 9.17) is 0 Å². The van der Waals surface area contributed by atoms with E-state index in [2.05, 4.69) is 60.0 Å². The second kappa shape index (κ2) is 5.05. The minimum atomic E-state index is -0.0251. The highest BCUT2D eigenvalue weighted by molar-refractivity contribution is 14.1. The van der Waals surface area contributed by atoms with E-state index < -0.39 is 0 Å². The number of hydrogen-bond acceptors (Lipinski definition) is 1. The van der Waals surface area contributed by atoms with E-state index in [1.807, 2.05) is 24.3 Å². The molecule has 1 aliphatic rings. The van der Waals surface area contributed by atoms with Gasteiger partial charge in [0.25, 0.3) is 5.91 Å². The summed E-state index contributed by atoms with van der Waals surface area (Å²) in [7, 11) is 0. The number of fused-ring (bicyclic) bond motifs is 1. The van der Waals surface area contributed by atoms with E-state index in [9.17, 15) is 4.79 Å². The summed E-state index contributed by atoms with van der Waals surface area (Å²) in [5, 5.41) is 2.92. The molecular formula is C17H14INO. The van der Waals surface area contributed by atoms with Crippen LogP contribution in [0.25, 0.3) is 11.6 Å². The Morgan fingerprint density at radius 1 is 1.10 bits per heavy atom. The van der Waals surface area contributed by atoms with Crippen LogP contribution in [0.3, 0.4) is 0 Å². The molecule has 0 saturated heterocycles. The van der Waals surface area contributed by atoms with E-state index in [0.29, 0.717) is 0 Å². The Kier molecular flexibility index (Phi) is 3.38. The molecule has 3 heteroatoms. The molecule has 3 rings (SSSR count). The quantitative estimate of drug-likeness (QED) is 0.581. The summed E-state index contributed by atoms with van der Waals surface area (Å²) in [6.45, 7) is 4.13. The molecule has 0 aliphatic carbocycles. The first-order chi connectivity index (χ1) is 9.54. The summed E-state index contributed by atoms with van der Waals surface area (Å²) in [6.07, 6.45) is 1.99. The van der Waals surface area contributed by atoms with Gasteiger partial charge in [-0.15, -0.1) is 0 Å². The minimum absolute atomic E-state index is 0.0251. The zero-order chi connectivity index (χ0) is 14.3. The molecule has 0 aromatic heterocycles. The van der Waals surface area contributed by atoms with Gasteiger partial charge in [0, 0.05) is 20.4 Å². The van der Waals surface area contributed by atoms with Crippen LogP contribution in [0.2, 0.25) is 0 Å². The Morgan fingerprint density at radius 3 is 2.70 bits per heavy atom. The van der Waals surface area contributed by atoms with Crippen molar-refractivity contribution in [3.8, 4) is 0 Å². The molecule has 1 N–H and O–H groups in total. The van der Waals surface area contributed by atoms with Gasteiger partial charge in [-0.2, -0.15) is 0 Å². The van der Waals surface area contributed by atoms with Crippen LogP contribution >= 0.6 is 22.6 Å². The predicted molar refractivity (Wildman–Crippen MR) is 91.6 cm³/mol. The second-order valence-electron chi connectivity index (χ2n) is 5.06. The Bertz CT molecular complexity index is 747. The van der Waals surface area contributed by atoms with Crippen LogP contribution < -0.4 is 5.32 Å². The van der Waals surface area contributed by atoms with Crippen molar-refractivity contribution in [1.82, 2.24) is 0 Å². The molecule has 2 nitrogen and oxygen atoms in total. The van der Waals surface area contributed by atoms with Crippen LogP contribution in [0.15, 0.2) is 36.4 Å². The van der Waals surface area contributed by atoms with Gasteiger partial charge in [-0.05, 0) is 71.8 Å². The van der Waals surface area contributed by atoms with Crippen molar-refractivity contribution in [1.29, 1.82) is 0 Å². The van der Waals surface area contributed by atoms with Gasteiger partial charge in [0.1, 0.15) is 0 Å². The third kappa shape index (κ3) is 2.38. The third-order valence-electron chi connectivity index (χ3n) is 3.50. The van der Waals surface area contributed by atoms with Gasteiger partial charge >= 0.3 is 0 Å². The molecule has 0 radical (unpaired) electrons. The molecule has 1 amide bonds. The maximum absolute atomic E-state index is 12.2. The Labute approximate surface area is 132 Å². The number of benzene rings is 2. The lowest BCUT2D eigenvalue weighted by molar-refractivity contribution is -0.110. The first-order valence-electron chi connectivity index (χ1n) is 6.45. The average molecular weight is 375 g/mol. The van der Waals surface area contributed by atoms with Crippen molar-refractivity contribution in [2.45, 2.75) is 13.8 Å². The van der Waals surface area contributed by atoms with Crippen molar-refractivity contribution in [3.63, 3.8) is 0 Å². The van der Waals surface area contributed by atoms with E-state index in [0.717, 1.165) is 26.0 Å². The van der Waals surface area contributed by atoms with Crippen LogP contribution in [0.5, 0.6) is 0 Å². The maximum Gasteiger partial charge on any atom is 0.256 e. The Morgan fingerprint density at radius 2 is 1.90 bits per heavy atom. The van der Waals surface area contributed by atoms with Gasteiger partial charge in [-0.25, -0.2) is 0 Å². The minimum Gasteiger partial charge on any atom is -0.321 e. The van der Waals surface area contributed by atoms with Gasteiger partial charge < -0.3 is 5.32 Å². The fourth-order valence-corrected chi connectivity index (χ4v) is 2.87. The standard InChI is InChI=1S/C17H14INO/c1-10-3-4-11(2)12(7-10)8-15-14-9-13(18)5-6-16(14)19-17(15)20/h3-9H,1-2H3,(H,19,20). The molecular weight excluding hydrogens is 361 g/mol. The van der Waals surface area contributed by atoms with Crippen molar-refractivity contribution in [2.75, 3.05) is 5.32 Å². The molecule has 0 fully saturated rings. The summed E-state index contributed by atoms with van der Waals surface area (Å²) in [6, 6.07) is 12.3. The summed E-state index contributed by atoms with van der Waals surface area (Å²) >= 11 is 2.27. The zero-order valence-corrected chi connectivity index (χ0v) is 13.5. The summed E-state index contributed by atoms with van der Waals surface area (Å²) < 4.78 is 1.13. The normalized spacial score (nSPS) is 15.3. The van der Waals surface area contributed by atoms with Crippen molar-refractivity contribution < 1.29 is 4.79 Å². The molecule has 2 aromatic rings. The average Bonchev–Trinajstić information content (AvgIpc) is 2.70. The Balaban J connectivity index is 2.15. The molecule has 20 heavy (non-hydrogen) atoms. The van der Waals surface area contributed by atoms with Gasteiger partial charge in [-0.1, -0.05) is 23.8 Å². The molecule has 0 unspecified atom stereocenters. The van der Waals surface area contributed by atoms with E-state index >= 15 is 0 Å². The molecule has 0 bridgehead atoms. The first kappa shape index (κ1) is 13.4. The summed E-state index contributed by atoms with van der Waals surface area (Å²) in [4.78, 5) is 12.2. The van der Waals surface area contributed by atoms with Crippen LogP contribution in [0, 0.1) is 17.4 Å². The highest BCUT2D eigenvalue weighted by Gasteiger charge is 2.24. The number of carbonyl (C=O) groups excluding carboxylic acids is 1. The van der Waals surface area contributed by atoms with E-state index in [1.54, 1.807) is 0 Å². The first-order valence-corrected chi connectivity index (χ1v) is 7.53. The molecule has 2 aromatic carbocycles. The predicted octanol–water partition coefficient (Wildman–Crippen LogP) is 4.40. The largest absolute Gasteiger partial charge is 0.321 e. The number of amides is 1. The van der Waals surface area contributed by atoms with Crippen LogP contribution in [-0.4, -0.2) is 5.91 Å². The number of hydrogen-bond donors (Lipinski definition) is 1. The van der Waals surface area contributed by atoms with Crippen molar-refractivity contribution in [2.24, 2.45) is 0 Å². The fourth-order valence-electron chi connectivity index (χ4n) is 2.37. The van der Waals surface area contributed by atoms with Crippen LogP contribution in [0.1, 0.15) is 22.3 Å². The molecule has 0 spiro atoms. The Hall–Kier alpha value is -1.62. The maximum atomic E-state index is 12.2. The molecule has 1 heterocycles. The zero-order valence-electron chi connectivity index (χ0n) is 11.3. The van der Waals surface area contributed by atoms with Crippen LogP contribution in [0.4, 0.5) is 5.69 Å². The third-order valence-corrected chi connectivity index (χ3v) is 4.17. The number of rotatable bonds is 1. The van der Waals surface area contributed by atoms with Gasteiger partial charge in [0.2, 0.25) is 0 Å². The van der Waals surface area contributed by atoms with Crippen LogP contribution in [-0.2, 0) is 4.79 Å². The number of carbonyl (C=O) groups is 1. The van der Waals surface area contributed by atoms with Gasteiger partial charge in [0.05, 0.1) is 0 Å². The van der Waals surface area contributed by atoms with Crippen molar-refractivity contribution in [3.05, 3.63) is 62.2 Å². The lowest BCUT2D eigenvalue weighted by Gasteiger charge is -2.04. The number of nitrogens with one attached hydrogen (secondary N) is 1. The number of aryl methyl sites for hydroxylation is 2. The van der Waals surface area contributed by atoms with Gasteiger partial charge in [0.15, 0.2) is 0 Å². The molecule has 100 valence electrons. The lowest BCUT2D eigenvalue weighted by atomic mass is 10.00. The van der Waals surface area contributed by atoms with E-state index in [-0.39, 0.29) is 5.91 Å². The highest BCUT2D eigenvalue weighted by Crippen LogP contribution is 2.34. The fraction of sp³-hybridized carbons (Fsp3) is 0.118. The highest BCUT2D eigenvalue weighted by atomic mass is 127. The SMILES string of the molecule is Cc1ccc(C)c(C=C2C(=O)Nc3ccc(I)cc32)c1. The van der Waals surface area contributed by atoms with Gasteiger partial charge in [-0.3, -0.25) is 4.79 Å². The monoisotopic (exact) mass is 375 g/mol. The summed E-state index contributed by atoms with van der Waals surface area (Å²) in [5.41, 5.74) is 6.10. The molecule has 0 saturated carbocycles. The molecule has 0 atom stereocenters. The smallest absolute Gasteiger partial charge is 0.256 e. The molecule has 1 aliphatic heterocycles. The topological polar surface area (TPSA) is 29.1 Å². The van der Waals surface area contributed by atoms with Crippen molar-refractivity contribution >= 4 is 45.8 Å². The number of anilines is 1. The lowest BCUT2D eigenvalue weighted by Crippen LogP contribution is -2.03. The summed E-state index contributed by atoms with van der Waals surface area (Å²) in [5.74, 6) is -0.0251. The second-order valence-corrected chi connectivity index (χ2v) is 6.31. The van der Waals surface area contributed by atoms with E-state index in [1.165, 1.54) is 11.1 Å². The number of halogens is 1.